The number of aromatic amines is 2. The van der Waals surface area contributed by atoms with E-state index in [1.165, 1.54) is 0 Å². The second-order valence-electron chi connectivity index (χ2n) is 9.46. The minimum absolute atomic E-state index is 0.0477. The number of amides is 1. The zero-order chi connectivity index (χ0) is 25.7. The summed E-state index contributed by atoms with van der Waals surface area (Å²) in [4.78, 5) is 28.9. The van der Waals surface area contributed by atoms with Crippen molar-refractivity contribution < 1.29 is 27.5 Å². The van der Waals surface area contributed by atoms with Gasteiger partial charge in [-0.05, 0) is 29.8 Å². The van der Waals surface area contributed by atoms with Crippen LogP contribution in [0.3, 0.4) is 0 Å². The number of rotatable bonds is 6. The van der Waals surface area contributed by atoms with Crippen LogP contribution in [0.4, 0.5) is 8.78 Å². The van der Waals surface area contributed by atoms with Crippen molar-refractivity contribution in [3.05, 3.63) is 69.8 Å². The number of H-pyrrole nitrogens is 2. The third kappa shape index (κ3) is 4.29. The van der Waals surface area contributed by atoms with Crippen LogP contribution in [-0.4, -0.2) is 57.8 Å². The summed E-state index contributed by atoms with van der Waals surface area (Å²) in [5, 5.41) is 7.08. The number of hydrogen-bond donors (Lipinski definition) is 2. The number of carbonyl (C=O) groups is 1. The van der Waals surface area contributed by atoms with Crippen LogP contribution in [0.1, 0.15) is 47.4 Å². The Kier molecular flexibility index (Phi) is 5.59. The van der Waals surface area contributed by atoms with Gasteiger partial charge in [0, 0.05) is 30.9 Å². The summed E-state index contributed by atoms with van der Waals surface area (Å²) >= 11 is 0. The lowest BCUT2D eigenvalue weighted by atomic mass is 9.95. The van der Waals surface area contributed by atoms with E-state index in [0.29, 0.717) is 46.9 Å². The highest BCUT2D eigenvalue weighted by Gasteiger charge is 2.45. The molecule has 1 unspecified atom stereocenters. The van der Waals surface area contributed by atoms with Gasteiger partial charge in [-0.15, -0.1) is 0 Å². The summed E-state index contributed by atoms with van der Waals surface area (Å²) in [6, 6.07) is 11.4. The fourth-order valence-electron chi connectivity index (χ4n) is 5.09. The first kappa shape index (κ1) is 23.4. The summed E-state index contributed by atoms with van der Waals surface area (Å²) in [5.74, 6) is -3.68. The monoisotopic (exact) mass is 510 g/mol. The predicted molar refractivity (Wildman–Crippen MR) is 129 cm³/mol. The third-order valence-electron chi connectivity index (χ3n) is 6.68. The molecule has 0 saturated carbocycles. The lowest BCUT2D eigenvalue weighted by molar-refractivity contribution is -0.0148. The predicted octanol–water partition coefficient (Wildman–Crippen LogP) is 4.27. The highest BCUT2D eigenvalue weighted by molar-refractivity contribution is 6.01. The zero-order valence-electron chi connectivity index (χ0n) is 19.9. The minimum atomic E-state index is -3.12. The van der Waals surface area contributed by atoms with Gasteiger partial charge in [-0.25, -0.2) is 13.6 Å². The summed E-state index contributed by atoms with van der Waals surface area (Å²) in [7, 11) is 0. The molecule has 0 radical (unpaired) electrons. The van der Waals surface area contributed by atoms with Crippen LogP contribution in [-0.2, 0) is 4.74 Å². The van der Waals surface area contributed by atoms with E-state index in [4.69, 9.17) is 13.9 Å². The third-order valence-corrected chi connectivity index (χ3v) is 6.68. The van der Waals surface area contributed by atoms with Crippen molar-refractivity contribution in [3.63, 3.8) is 0 Å². The van der Waals surface area contributed by atoms with Crippen LogP contribution in [0, 0.1) is 0 Å². The molecule has 1 amide bonds. The molecule has 4 aromatic rings. The van der Waals surface area contributed by atoms with Gasteiger partial charge in [0.1, 0.15) is 23.2 Å². The number of alkyl halides is 2. The van der Waals surface area contributed by atoms with E-state index in [9.17, 15) is 18.4 Å². The van der Waals surface area contributed by atoms with Crippen molar-refractivity contribution in [2.75, 3.05) is 19.8 Å². The number of carbonyl (C=O) groups excluding carboxylic acids is 1. The molecule has 2 aromatic heterocycles. The SMILES string of the molecule is CC(F)(F)CN1C(=O)c2[nH]nc(-c3cccc4[nH]c(=O)oc34)c2C1c1ccc(OC2CCOCC2)cc1. The lowest BCUT2D eigenvalue weighted by Gasteiger charge is -2.29. The van der Waals surface area contributed by atoms with Crippen LogP contribution >= 0.6 is 0 Å². The first-order valence-electron chi connectivity index (χ1n) is 12.0. The molecule has 11 heteroatoms. The number of para-hydroxylation sites is 1. The number of aromatic nitrogens is 3. The normalized spacial score (nSPS) is 18.5. The Labute approximate surface area is 209 Å². The smallest absolute Gasteiger partial charge is 0.417 e. The maximum atomic E-state index is 14.2. The van der Waals surface area contributed by atoms with Crippen molar-refractivity contribution in [2.24, 2.45) is 0 Å². The van der Waals surface area contributed by atoms with Gasteiger partial charge in [0.25, 0.3) is 11.8 Å². The second kappa shape index (κ2) is 8.84. The topological polar surface area (TPSA) is 113 Å². The average Bonchev–Trinajstić information content (AvgIpc) is 3.53. The lowest BCUT2D eigenvalue weighted by Crippen LogP contribution is -2.38. The van der Waals surface area contributed by atoms with E-state index >= 15 is 0 Å². The van der Waals surface area contributed by atoms with Crippen molar-refractivity contribution >= 4 is 17.0 Å². The molecular weight excluding hydrogens is 486 g/mol. The first-order valence-corrected chi connectivity index (χ1v) is 12.0. The molecule has 2 N–H and O–H groups in total. The number of nitrogens with one attached hydrogen (secondary N) is 2. The minimum Gasteiger partial charge on any atom is -0.490 e. The quantitative estimate of drug-likeness (QED) is 0.401. The maximum absolute atomic E-state index is 14.2. The Morgan fingerprint density at radius 3 is 2.62 bits per heavy atom. The van der Waals surface area contributed by atoms with Crippen molar-refractivity contribution in [3.8, 4) is 17.0 Å². The van der Waals surface area contributed by atoms with Crippen LogP contribution in [0.5, 0.6) is 5.75 Å². The Balaban J connectivity index is 1.43. The molecule has 2 aliphatic heterocycles. The number of hydrogen-bond acceptors (Lipinski definition) is 6. The molecule has 1 atom stereocenters. The van der Waals surface area contributed by atoms with E-state index in [1.54, 1.807) is 42.5 Å². The van der Waals surface area contributed by atoms with E-state index in [0.717, 1.165) is 24.7 Å². The van der Waals surface area contributed by atoms with E-state index in [2.05, 4.69) is 15.2 Å². The molecule has 0 bridgehead atoms. The van der Waals surface area contributed by atoms with E-state index < -0.39 is 30.2 Å². The van der Waals surface area contributed by atoms with Gasteiger partial charge in [0.15, 0.2) is 5.58 Å². The molecular formula is C26H24F2N4O5. The van der Waals surface area contributed by atoms with Gasteiger partial charge < -0.3 is 18.8 Å². The van der Waals surface area contributed by atoms with Gasteiger partial charge in [-0.2, -0.15) is 5.10 Å². The molecule has 9 nitrogen and oxygen atoms in total. The van der Waals surface area contributed by atoms with Crippen LogP contribution in [0.15, 0.2) is 51.7 Å². The van der Waals surface area contributed by atoms with Gasteiger partial charge >= 0.3 is 5.76 Å². The zero-order valence-corrected chi connectivity index (χ0v) is 19.9. The van der Waals surface area contributed by atoms with Crippen molar-refractivity contribution in [2.45, 2.75) is 37.8 Å². The molecule has 2 aliphatic rings. The fraction of sp³-hybridized carbons (Fsp3) is 0.346. The van der Waals surface area contributed by atoms with Crippen molar-refractivity contribution in [1.82, 2.24) is 20.1 Å². The Bertz CT molecular complexity index is 1510. The number of fused-ring (bicyclic) bond motifs is 2. The highest BCUT2D eigenvalue weighted by Crippen LogP contribution is 2.45. The molecule has 37 heavy (non-hydrogen) atoms. The van der Waals surface area contributed by atoms with E-state index in [-0.39, 0.29) is 17.4 Å². The molecule has 192 valence electrons. The number of benzene rings is 2. The van der Waals surface area contributed by atoms with Gasteiger partial charge in [-0.1, -0.05) is 18.2 Å². The average molecular weight is 510 g/mol. The summed E-state index contributed by atoms with van der Waals surface area (Å²) in [6.45, 7) is 1.30. The maximum Gasteiger partial charge on any atom is 0.417 e. The summed E-state index contributed by atoms with van der Waals surface area (Å²) in [5.41, 5.74) is 2.76. The van der Waals surface area contributed by atoms with Gasteiger partial charge in [-0.3, -0.25) is 14.9 Å². The standard InChI is InChI=1S/C26H24F2N4O5/c1-26(27,28)13-32-22(14-5-7-15(8-6-14)36-16-9-11-35-12-10-16)19-20(30-31-21(19)24(32)33)17-3-2-4-18-23(17)37-25(34)29-18/h2-8,16,22H,9-13H2,1H3,(H,29,34)(H,30,31). The Morgan fingerprint density at radius 1 is 1.14 bits per heavy atom. The fourth-order valence-corrected chi connectivity index (χ4v) is 5.09. The van der Waals surface area contributed by atoms with Crippen LogP contribution in [0.25, 0.3) is 22.4 Å². The van der Waals surface area contributed by atoms with Gasteiger partial charge in [0.05, 0.1) is 31.3 Å². The van der Waals surface area contributed by atoms with Crippen molar-refractivity contribution in [1.29, 1.82) is 0 Å². The molecule has 1 fully saturated rings. The molecule has 4 heterocycles. The number of ether oxygens (including phenoxy) is 2. The summed E-state index contributed by atoms with van der Waals surface area (Å²) in [6.07, 6.45) is 1.63. The number of nitrogens with zero attached hydrogens (tertiary/aromatic N) is 2. The molecule has 0 spiro atoms. The molecule has 0 aliphatic carbocycles. The van der Waals surface area contributed by atoms with E-state index in [1.807, 2.05) is 0 Å². The second-order valence-corrected chi connectivity index (χ2v) is 9.46. The largest absolute Gasteiger partial charge is 0.490 e. The molecule has 1 saturated heterocycles. The van der Waals surface area contributed by atoms with Crippen LogP contribution < -0.4 is 10.5 Å². The highest BCUT2D eigenvalue weighted by atomic mass is 19.3. The van der Waals surface area contributed by atoms with Gasteiger partial charge in [0.2, 0.25) is 0 Å². The summed E-state index contributed by atoms with van der Waals surface area (Å²) < 4.78 is 45.2. The number of halogens is 2. The van der Waals surface area contributed by atoms with Crippen LogP contribution in [0.2, 0.25) is 0 Å². The Morgan fingerprint density at radius 2 is 1.89 bits per heavy atom. The molecule has 6 rings (SSSR count). The molecule has 2 aromatic carbocycles. The Hall–Kier alpha value is -3.99. The first-order chi connectivity index (χ1) is 17.8. The number of oxazole rings is 1.